The predicted octanol–water partition coefficient (Wildman–Crippen LogP) is 3.38. The molecule has 2 N–H and O–H groups in total. The third-order valence-corrected chi connectivity index (χ3v) is 4.48. The Morgan fingerprint density at radius 1 is 1.53 bits per heavy atom. The number of thiophene rings is 1. The van der Waals surface area contributed by atoms with Crippen molar-refractivity contribution in [3.63, 3.8) is 0 Å². The highest BCUT2D eigenvalue weighted by Crippen LogP contribution is 2.29. The van der Waals surface area contributed by atoms with E-state index in [0.717, 1.165) is 10.3 Å². The minimum absolute atomic E-state index is 0.186. The highest BCUT2D eigenvalue weighted by Gasteiger charge is 2.18. The Morgan fingerprint density at radius 3 is 2.82 bits per heavy atom. The molecule has 0 aliphatic carbocycles. The van der Waals surface area contributed by atoms with Crippen LogP contribution in [0.25, 0.3) is 0 Å². The van der Waals surface area contributed by atoms with Gasteiger partial charge in [-0.2, -0.15) is 0 Å². The zero-order valence-electron chi connectivity index (χ0n) is 9.93. The van der Waals surface area contributed by atoms with Gasteiger partial charge in [0, 0.05) is 39.6 Å². The maximum absolute atomic E-state index is 5.92. The quantitative estimate of drug-likeness (QED) is 0.940. The van der Waals surface area contributed by atoms with Crippen LogP contribution in [0.5, 0.6) is 0 Å². The van der Waals surface area contributed by atoms with Gasteiger partial charge in [0.15, 0.2) is 0 Å². The monoisotopic (exact) mass is 313 g/mol. The van der Waals surface area contributed by atoms with Crippen LogP contribution in [0.15, 0.2) is 28.3 Å². The number of halogens is 1. The molecule has 92 valence electrons. The smallest absolute Gasteiger partial charge is 0.111 e. The lowest BCUT2D eigenvalue weighted by Crippen LogP contribution is -2.21. The summed E-state index contributed by atoms with van der Waals surface area (Å²) in [7, 11) is 0. The van der Waals surface area contributed by atoms with E-state index in [-0.39, 0.29) is 6.04 Å². The lowest BCUT2D eigenvalue weighted by atomic mass is 10.1. The van der Waals surface area contributed by atoms with E-state index in [1.165, 1.54) is 4.88 Å². The zero-order valence-corrected chi connectivity index (χ0v) is 12.3. The highest BCUT2D eigenvalue weighted by molar-refractivity contribution is 9.10. The van der Waals surface area contributed by atoms with Crippen molar-refractivity contribution in [3.8, 4) is 0 Å². The normalized spacial score (nSPS) is 13.2. The summed E-state index contributed by atoms with van der Waals surface area (Å²) in [4.78, 5) is 5.68. The first kappa shape index (κ1) is 12.8. The van der Waals surface area contributed by atoms with Gasteiger partial charge in [-0.05, 0) is 22.0 Å². The summed E-state index contributed by atoms with van der Waals surface area (Å²) in [5, 5.41) is 2.09. The van der Waals surface area contributed by atoms with Gasteiger partial charge in [0.1, 0.15) is 5.82 Å². The molecule has 2 aromatic rings. The molecule has 2 heterocycles. The Bertz CT molecular complexity index is 489. The largest absolute Gasteiger partial charge is 0.328 e. The van der Waals surface area contributed by atoms with Gasteiger partial charge in [0.25, 0.3) is 0 Å². The molecule has 0 spiro atoms. The molecule has 3 nitrogen and oxygen atoms in total. The van der Waals surface area contributed by atoms with Crippen LogP contribution in [0, 0.1) is 0 Å². The van der Waals surface area contributed by atoms with Gasteiger partial charge >= 0.3 is 0 Å². The van der Waals surface area contributed by atoms with Crippen LogP contribution in [0.2, 0.25) is 0 Å². The zero-order chi connectivity index (χ0) is 12.4. The number of hydrogen-bond acceptors (Lipinski definition) is 3. The minimum Gasteiger partial charge on any atom is -0.328 e. The van der Waals surface area contributed by atoms with Crippen LogP contribution < -0.4 is 5.73 Å². The number of aromatic nitrogens is 2. The van der Waals surface area contributed by atoms with Crippen molar-refractivity contribution in [3.05, 3.63) is 39.0 Å². The number of rotatable bonds is 4. The Hall–Kier alpha value is -0.650. The van der Waals surface area contributed by atoms with E-state index < -0.39 is 0 Å². The third-order valence-electron chi connectivity index (χ3n) is 2.69. The Balaban J connectivity index is 2.38. The molecule has 0 amide bonds. The first-order valence-electron chi connectivity index (χ1n) is 5.60. The van der Waals surface area contributed by atoms with Crippen molar-refractivity contribution in [2.24, 2.45) is 5.73 Å². The van der Waals surface area contributed by atoms with E-state index >= 15 is 0 Å². The number of imidazole rings is 1. The molecule has 1 atom stereocenters. The maximum atomic E-state index is 5.92. The number of nitrogens with zero attached hydrogens (tertiary/aromatic N) is 2. The van der Waals surface area contributed by atoms with Gasteiger partial charge in [-0.1, -0.05) is 13.8 Å². The average Bonchev–Trinajstić information content (AvgIpc) is 2.89. The lowest BCUT2D eigenvalue weighted by Gasteiger charge is -2.19. The van der Waals surface area contributed by atoms with Crippen molar-refractivity contribution >= 4 is 27.3 Å². The molecule has 0 aromatic carbocycles. The SMILES string of the molecule is CC(C)c1nccn1C(CN)c1cc(Br)cs1. The molecule has 0 radical (unpaired) electrons. The maximum Gasteiger partial charge on any atom is 0.111 e. The minimum atomic E-state index is 0.186. The molecule has 1 unspecified atom stereocenters. The van der Waals surface area contributed by atoms with Gasteiger partial charge in [0.05, 0.1) is 6.04 Å². The lowest BCUT2D eigenvalue weighted by molar-refractivity contribution is 0.555. The fourth-order valence-corrected chi connectivity index (χ4v) is 3.46. The topological polar surface area (TPSA) is 43.8 Å². The third kappa shape index (κ3) is 2.61. The molecule has 0 aliphatic rings. The Labute approximate surface area is 114 Å². The summed E-state index contributed by atoms with van der Waals surface area (Å²) in [6.45, 7) is 4.89. The second-order valence-electron chi connectivity index (χ2n) is 4.27. The van der Waals surface area contributed by atoms with E-state index in [1.807, 2.05) is 12.4 Å². The average molecular weight is 314 g/mol. The summed E-state index contributed by atoms with van der Waals surface area (Å²) >= 11 is 5.21. The van der Waals surface area contributed by atoms with E-state index in [2.05, 4.69) is 50.8 Å². The second-order valence-corrected chi connectivity index (χ2v) is 6.12. The summed E-state index contributed by atoms with van der Waals surface area (Å²) in [5.41, 5.74) is 5.92. The second kappa shape index (κ2) is 5.33. The molecule has 5 heteroatoms. The standard InChI is InChI=1S/C12H16BrN3S/c1-8(2)12-15-3-4-16(12)10(6-14)11-5-9(13)7-17-11/h3-5,7-8,10H,6,14H2,1-2H3. The van der Waals surface area contributed by atoms with E-state index in [9.17, 15) is 0 Å². The fourth-order valence-electron chi connectivity index (χ4n) is 1.91. The molecule has 0 bridgehead atoms. The molecular weight excluding hydrogens is 298 g/mol. The van der Waals surface area contributed by atoms with Crippen molar-refractivity contribution in [1.29, 1.82) is 0 Å². The Morgan fingerprint density at radius 2 is 2.29 bits per heavy atom. The molecule has 17 heavy (non-hydrogen) atoms. The van der Waals surface area contributed by atoms with Gasteiger partial charge in [-0.15, -0.1) is 11.3 Å². The molecule has 2 rings (SSSR count). The van der Waals surface area contributed by atoms with Crippen LogP contribution in [0.3, 0.4) is 0 Å². The van der Waals surface area contributed by atoms with Crippen LogP contribution in [0.4, 0.5) is 0 Å². The van der Waals surface area contributed by atoms with Gasteiger partial charge < -0.3 is 10.3 Å². The summed E-state index contributed by atoms with van der Waals surface area (Å²) in [5.74, 6) is 1.49. The molecule has 0 fully saturated rings. The first-order chi connectivity index (χ1) is 8.13. The summed E-state index contributed by atoms with van der Waals surface area (Å²) < 4.78 is 3.30. The van der Waals surface area contributed by atoms with Crippen molar-refractivity contribution in [2.75, 3.05) is 6.54 Å². The van der Waals surface area contributed by atoms with Crippen LogP contribution in [0.1, 0.15) is 36.5 Å². The summed E-state index contributed by atoms with van der Waals surface area (Å²) in [6.07, 6.45) is 3.86. The molecule has 0 aliphatic heterocycles. The Kier molecular flexibility index (Phi) is 4.01. The molecule has 2 aromatic heterocycles. The highest BCUT2D eigenvalue weighted by atomic mass is 79.9. The van der Waals surface area contributed by atoms with E-state index in [1.54, 1.807) is 11.3 Å². The summed E-state index contributed by atoms with van der Waals surface area (Å²) in [6, 6.07) is 2.32. The van der Waals surface area contributed by atoms with Crippen LogP contribution in [-0.4, -0.2) is 16.1 Å². The molecule has 0 saturated carbocycles. The number of nitrogens with two attached hydrogens (primary N) is 1. The number of hydrogen-bond donors (Lipinski definition) is 1. The van der Waals surface area contributed by atoms with Gasteiger partial charge in [0.2, 0.25) is 0 Å². The van der Waals surface area contributed by atoms with Crippen molar-refractivity contribution in [2.45, 2.75) is 25.8 Å². The molecule has 0 saturated heterocycles. The van der Waals surface area contributed by atoms with E-state index in [4.69, 9.17) is 5.73 Å². The first-order valence-corrected chi connectivity index (χ1v) is 7.27. The van der Waals surface area contributed by atoms with Crippen molar-refractivity contribution in [1.82, 2.24) is 9.55 Å². The predicted molar refractivity (Wildman–Crippen MR) is 75.5 cm³/mol. The fraction of sp³-hybridized carbons (Fsp3) is 0.417. The van der Waals surface area contributed by atoms with Crippen LogP contribution >= 0.6 is 27.3 Å². The van der Waals surface area contributed by atoms with E-state index in [0.29, 0.717) is 12.5 Å². The van der Waals surface area contributed by atoms with Gasteiger partial charge in [-0.3, -0.25) is 0 Å². The van der Waals surface area contributed by atoms with Gasteiger partial charge in [-0.25, -0.2) is 4.98 Å². The van der Waals surface area contributed by atoms with Crippen molar-refractivity contribution < 1.29 is 0 Å². The van der Waals surface area contributed by atoms with Crippen LogP contribution in [-0.2, 0) is 0 Å². The molecular formula is C12H16BrN3S.